The number of carbonyl (C=O) groups is 2. The van der Waals surface area contributed by atoms with E-state index in [1.807, 2.05) is 73.1 Å². The van der Waals surface area contributed by atoms with Crippen molar-refractivity contribution >= 4 is 44.8 Å². The van der Waals surface area contributed by atoms with Gasteiger partial charge >= 0.3 is 0 Å². The Kier molecular flexibility index (Phi) is 7.55. The maximum absolute atomic E-state index is 13.4. The van der Waals surface area contributed by atoms with Crippen LogP contribution in [-0.2, 0) is 26.5 Å². The molecular weight excluding hydrogens is 594 g/mol. The van der Waals surface area contributed by atoms with Crippen molar-refractivity contribution in [1.82, 2.24) is 14.9 Å². The van der Waals surface area contributed by atoms with Gasteiger partial charge in [-0.25, -0.2) is 0 Å². The summed E-state index contributed by atoms with van der Waals surface area (Å²) in [5, 5.41) is 4.38. The van der Waals surface area contributed by atoms with Crippen LogP contribution in [0.3, 0.4) is 0 Å². The molecule has 6 nitrogen and oxygen atoms in total. The fourth-order valence-corrected chi connectivity index (χ4v) is 7.11. The number of ether oxygens (including phenoxy) is 1. The Bertz CT molecular complexity index is 2200. The number of hydrogen-bond acceptors (Lipinski definition) is 3. The van der Waals surface area contributed by atoms with Gasteiger partial charge < -0.3 is 14.3 Å². The number of carbonyl (C=O) groups excluding carboxylic acids is 2. The topological polar surface area (TPSA) is 76.1 Å². The minimum absolute atomic E-state index is 0.384. The third kappa shape index (κ3) is 4.94. The number of H-pyrrole nitrogens is 1. The van der Waals surface area contributed by atoms with Gasteiger partial charge in [0.15, 0.2) is 0 Å². The number of benzene rings is 5. The van der Waals surface area contributed by atoms with Crippen molar-refractivity contribution in [3.8, 4) is 0 Å². The lowest BCUT2D eigenvalue weighted by molar-refractivity contribution is -0.122. The number of aryl methyl sites for hydroxylation is 1. The first-order valence-electron chi connectivity index (χ1n) is 16.2. The van der Waals surface area contributed by atoms with E-state index in [2.05, 4.69) is 93.7 Å². The van der Waals surface area contributed by atoms with Crippen LogP contribution in [0.25, 0.3) is 33.0 Å². The predicted octanol–water partition coefficient (Wildman–Crippen LogP) is 8.09. The van der Waals surface area contributed by atoms with Gasteiger partial charge in [-0.1, -0.05) is 127 Å². The van der Waals surface area contributed by atoms with Crippen molar-refractivity contribution in [3.05, 3.63) is 180 Å². The van der Waals surface area contributed by atoms with E-state index in [4.69, 9.17) is 4.74 Å². The van der Waals surface area contributed by atoms with E-state index in [0.717, 1.165) is 44.1 Å². The lowest BCUT2D eigenvalue weighted by Gasteiger charge is -2.36. The molecule has 0 spiro atoms. The van der Waals surface area contributed by atoms with E-state index in [9.17, 15) is 9.59 Å². The van der Waals surface area contributed by atoms with E-state index in [1.165, 1.54) is 0 Å². The number of nitrogens with zero attached hydrogens (tertiary/aromatic N) is 1. The molecule has 6 heteroatoms. The molecule has 0 saturated heterocycles. The van der Waals surface area contributed by atoms with Gasteiger partial charge in [-0.05, 0) is 35.2 Å². The first kappa shape index (κ1) is 29.4. The maximum atomic E-state index is 13.4. The van der Waals surface area contributed by atoms with Gasteiger partial charge in [-0.3, -0.25) is 14.9 Å². The average molecular weight is 628 g/mol. The second-order valence-electron chi connectivity index (χ2n) is 12.0. The Morgan fingerprint density at radius 2 is 1.10 bits per heavy atom. The Morgan fingerprint density at radius 3 is 1.73 bits per heavy atom. The quantitative estimate of drug-likeness (QED) is 0.0915. The van der Waals surface area contributed by atoms with Gasteiger partial charge in [0.25, 0.3) is 11.8 Å². The van der Waals surface area contributed by atoms with Gasteiger partial charge in [0.05, 0.1) is 17.8 Å². The van der Waals surface area contributed by atoms with Crippen molar-refractivity contribution in [1.29, 1.82) is 0 Å². The van der Waals surface area contributed by atoms with Crippen LogP contribution in [0.1, 0.15) is 34.2 Å². The molecule has 5 aromatic carbocycles. The SMILES string of the molecule is O=C1NC(=O)C(c2cn(CCCOC(c3ccccc3)(c3ccccc3)c3ccccc3)c3ccccc23)=C1c1c[nH]c2ccccc12. The van der Waals surface area contributed by atoms with E-state index in [0.29, 0.717) is 36.3 Å². The number of rotatable bonds is 10. The van der Waals surface area contributed by atoms with Crippen molar-refractivity contribution in [2.45, 2.75) is 18.6 Å². The van der Waals surface area contributed by atoms with Gasteiger partial charge in [-0.15, -0.1) is 0 Å². The molecule has 0 bridgehead atoms. The molecule has 0 saturated carbocycles. The number of aromatic nitrogens is 2. The monoisotopic (exact) mass is 627 g/mol. The number of para-hydroxylation sites is 2. The Balaban J connectivity index is 1.15. The predicted molar refractivity (Wildman–Crippen MR) is 190 cm³/mol. The van der Waals surface area contributed by atoms with Gasteiger partial charge in [0.2, 0.25) is 0 Å². The summed E-state index contributed by atoms with van der Waals surface area (Å²) >= 11 is 0. The zero-order chi connectivity index (χ0) is 32.5. The number of aromatic amines is 1. The molecule has 0 fully saturated rings. The molecule has 2 aromatic heterocycles. The molecule has 2 N–H and O–H groups in total. The molecule has 0 aliphatic carbocycles. The fraction of sp³-hybridized carbons (Fsp3) is 0.0952. The van der Waals surface area contributed by atoms with Crippen molar-refractivity contribution in [2.75, 3.05) is 6.61 Å². The number of fused-ring (bicyclic) bond motifs is 2. The Morgan fingerprint density at radius 1 is 0.583 bits per heavy atom. The highest BCUT2D eigenvalue weighted by Crippen LogP contribution is 2.41. The lowest BCUT2D eigenvalue weighted by atomic mass is 9.80. The molecule has 0 radical (unpaired) electrons. The van der Waals surface area contributed by atoms with Gasteiger partial charge in [-0.2, -0.15) is 0 Å². The van der Waals surface area contributed by atoms with Crippen LogP contribution in [0.5, 0.6) is 0 Å². The van der Waals surface area contributed by atoms with Crippen LogP contribution in [-0.4, -0.2) is 28.0 Å². The van der Waals surface area contributed by atoms with E-state index >= 15 is 0 Å². The first-order chi connectivity index (χ1) is 23.6. The van der Waals surface area contributed by atoms with Crippen LogP contribution in [0.15, 0.2) is 152 Å². The zero-order valence-electron chi connectivity index (χ0n) is 26.2. The summed E-state index contributed by atoms with van der Waals surface area (Å²) in [4.78, 5) is 30.0. The molecule has 1 aliphatic heterocycles. The largest absolute Gasteiger partial charge is 0.361 e. The van der Waals surface area contributed by atoms with Crippen LogP contribution < -0.4 is 5.32 Å². The molecular formula is C42H33N3O3. The normalized spacial score (nSPS) is 13.5. The maximum Gasteiger partial charge on any atom is 0.259 e. The summed E-state index contributed by atoms with van der Waals surface area (Å²) in [7, 11) is 0. The summed E-state index contributed by atoms with van der Waals surface area (Å²) < 4.78 is 9.20. The molecule has 1 aliphatic rings. The third-order valence-electron chi connectivity index (χ3n) is 9.25. The van der Waals surface area contributed by atoms with Crippen molar-refractivity contribution in [2.24, 2.45) is 0 Å². The molecule has 234 valence electrons. The van der Waals surface area contributed by atoms with E-state index in [-0.39, 0.29) is 11.8 Å². The highest BCUT2D eigenvalue weighted by molar-refractivity contribution is 6.50. The third-order valence-corrected chi connectivity index (χ3v) is 9.25. The second-order valence-corrected chi connectivity index (χ2v) is 12.0. The van der Waals surface area contributed by atoms with Crippen molar-refractivity contribution < 1.29 is 14.3 Å². The molecule has 3 heterocycles. The van der Waals surface area contributed by atoms with Gasteiger partial charge in [0, 0.05) is 51.9 Å². The van der Waals surface area contributed by atoms with Gasteiger partial charge in [0.1, 0.15) is 5.60 Å². The summed E-state index contributed by atoms with van der Waals surface area (Å²) in [6, 6.07) is 47.0. The first-order valence-corrected chi connectivity index (χ1v) is 16.2. The minimum atomic E-state index is -0.797. The fourth-order valence-electron chi connectivity index (χ4n) is 7.11. The van der Waals surface area contributed by atoms with Crippen LogP contribution in [0, 0.1) is 0 Å². The summed E-state index contributed by atoms with van der Waals surface area (Å²) in [6.45, 7) is 1.13. The number of nitrogens with one attached hydrogen (secondary N) is 2. The number of imide groups is 1. The van der Waals surface area contributed by atoms with Crippen LogP contribution in [0.4, 0.5) is 0 Å². The average Bonchev–Trinajstić information content (AvgIpc) is 3.81. The lowest BCUT2D eigenvalue weighted by Crippen LogP contribution is -2.33. The second kappa shape index (κ2) is 12.3. The molecule has 0 atom stereocenters. The minimum Gasteiger partial charge on any atom is -0.361 e. The van der Waals surface area contributed by atoms with Crippen molar-refractivity contribution in [3.63, 3.8) is 0 Å². The number of amides is 2. The number of hydrogen-bond donors (Lipinski definition) is 2. The molecule has 0 unspecified atom stereocenters. The van der Waals surface area contributed by atoms with E-state index < -0.39 is 5.60 Å². The summed E-state index contributed by atoms with van der Waals surface area (Å²) in [5.74, 6) is -0.769. The molecule has 2 amide bonds. The highest BCUT2D eigenvalue weighted by atomic mass is 16.5. The Hall–Kier alpha value is -5.98. The van der Waals surface area contributed by atoms with Crippen LogP contribution >= 0.6 is 0 Å². The highest BCUT2D eigenvalue weighted by Gasteiger charge is 2.38. The molecule has 48 heavy (non-hydrogen) atoms. The van der Waals surface area contributed by atoms with E-state index in [1.54, 1.807) is 0 Å². The Labute approximate surface area is 278 Å². The standard InChI is InChI=1S/C42H33N3O3/c46-40-38(34-27-43-36-23-12-10-21-32(34)36)39(41(47)44-40)35-28-45(37-24-13-11-22-33(35)37)25-14-26-48-42(29-15-4-1-5-16-29,30-17-6-2-7-18-30)31-19-8-3-9-20-31/h1-13,15-24,27-28,43H,14,25-26H2,(H,44,46,47). The molecule has 8 rings (SSSR count). The zero-order valence-corrected chi connectivity index (χ0v) is 26.2. The summed E-state index contributed by atoms with van der Waals surface area (Å²) in [6.07, 6.45) is 4.53. The molecule has 7 aromatic rings. The smallest absolute Gasteiger partial charge is 0.259 e. The van der Waals surface area contributed by atoms with Crippen LogP contribution in [0.2, 0.25) is 0 Å². The summed E-state index contributed by atoms with van der Waals surface area (Å²) in [5.41, 5.74) is 6.52.